The van der Waals surface area contributed by atoms with Crippen molar-refractivity contribution in [3.63, 3.8) is 0 Å². The number of carbonyl (C=O) groups is 1. The van der Waals surface area contributed by atoms with Crippen LogP contribution in [0.2, 0.25) is 0 Å². The molecular formula is C27H23N3O3. The molecule has 2 heterocycles. The summed E-state index contributed by atoms with van der Waals surface area (Å²) in [5, 5.41) is 12.2. The van der Waals surface area contributed by atoms with Crippen molar-refractivity contribution in [2.24, 2.45) is 0 Å². The summed E-state index contributed by atoms with van der Waals surface area (Å²) < 4.78 is 11.6. The third kappa shape index (κ3) is 4.28. The standard InChI is InChI=1S/C27H23N3O3/c1-3-18-11-14-23-22(15-18)17(2)25(32-23)26(31)28-21-12-9-19(10-13-21)16-24-29-30-27(33-24)20-7-5-4-6-8-20/h4-15H,3,16H2,1-2H3,(H,28,31). The van der Waals surface area contributed by atoms with Gasteiger partial charge in [0.2, 0.25) is 11.8 Å². The Labute approximate surface area is 191 Å². The van der Waals surface area contributed by atoms with Crippen LogP contribution in [0.25, 0.3) is 22.4 Å². The summed E-state index contributed by atoms with van der Waals surface area (Å²) in [5.41, 5.74) is 5.36. The fraction of sp³-hybridized carbons (Fsp3) is 0.148. The predicted octanol–water partition coefficient (Wildman–Crippen LogP) is 6.20. The summed E-state index contributed by atoms with van der Waals surface area (Å²) in [6, 6.07) is 23.3. The van der Waals surface area contributed by atoms with Crippen LogP contribution >= 0.6 is 0 Å². The Bertz CT molecular complexity index is 1420. The van der Waals surface area contributed by atoms with E-state index < -0.39 is 0 Å². The Balaban J connectivity index is 1.27. The first-order valence-electron chi connectivity index (χ1n) is 10.9. The van der Waals surface area contributed by atoms with Gasteiger partial charge in [0.25, 0.3) is 5.91 Å². The lowest BCUT2D eigenvalue weighted by Gasteiger charge is -2.05. The SMILES string of the molecule is CCc1ccc2oc(C(=O)Nc3ccc(Cc4nnc(-c5ccccc5)o4)cc3)c(C)c2c1. The molecule has 0 aliphatic carbocycles. The normalized spacial score (nSPS) is 11.1. The number of hydrogen-bond donors (Lipinski definition) is 1. The van der Waals surface area contributed by atoms with E-state index in [0.717, 1.165) is 34.1 Å². The fourth-order valence-corrected chi connectivity index (χ4v) is 3.80. The van der Waals surface area contributed by atoms with E-state index >= 15 is 0 Å². The molecular weight excluding hydrogens is 414 g/mol. The summed E-state index contributed by atoms with van der Waals surface area (Å²) in [5.74, 6) is 1.11. The average molecular weight is 437 g/mol. The number of carbonyl (C=O) groups excluding carboxylic acids is 1. The van der Waals surface area contributed by atoms with Gasteiger partial charge in [0, 0.05) is 22.2 Å². The molecule has 0 unspecified atom stereocenters. The van der Waals surface area contributed by atoms with Crippen molar-refractivity contribution in [1.82, 2.24) is 10.2 Å². The number of furan rings is 1. The van der Waals surface area contributed by atoms with Crippen LogP contribution in [0.4, 0.5) is 5.69 Å². The second-order valence-electron chi connectivity index (χ2n) is 7.94. The van der Waals surface area contributed by atoms with E-state index in [4.69, 9.17) is 8.83 Å². The van der Waals surface area contributed by atoms with Gasteiger partial charge in [-0.2, -0.15) is 0 Å². The minimum absolute atomic E-state index is 0.265. The number of anilines is 1. The number of nitrogens with one attached hydrogen (secondary N) is 1. The van der Waals surface area contributed by atoms with E-state index in [0.29, 0.717) is 29.6 Å². The zero-order chi connectivity index (χ0) is 22.8. The fourth-order valence-electron chi connectivity index (χ4n) is 3.80. The lowest BCUT2D eigenvalue weighted by molar-refractivity contribution is 0.0998. The van der Waals surface area contributed by atoms with Crippen LogP contribution in [0.3, 0.4) is 0 Å². The number of aromatic nitrogens is 2. The molecule has 2 aromatic heterocycles. The Morgan fingerprint density at radius 2 is 1.67 bits per heavy atom. The van der Waals surface area contributed by atoms with Gasteiger partial charge in [0.15, 0.2) is 5.76 Å². The van der Waals surface area contributed by atoms with Crippen molar-refractivity contribution in [3.05, 3.63) is 101 Å². The third-order valence-electron chi connectivity index (χ3n) is 5.67. The largest absolute Gasteiger partial charge is 0.451 e. The first-order chi connectivity index (χ1) is 16.1. The van der Waals surface area contributed by atoms with Crippen LogP contribution in [-0.4, -0.2) is 16.1 Å². The van der Waals surface area contributed by atoms with Gasteiger partial charge < -0.3 is 14.2 Å². The molecule has 0 atom stereocenters. The number of aryl methyl sites for hydroxylation is 2. The predicted molar refractivity (Wildman–Crippen MR) is 127 cm³/mol. The molecule has 33 heavy (non-hydrogen) atoms. The first kappa shape index (κ1) is 20.7. The van der Waals surface area contributed by atoms with Gasteiger partial charge in [-0.05, 0) is 60.9 Å². The van der Waals surface area contributed by atoms with E-state index in [1.165, 1.54) is 5.56 Å². The number of fused-ring (bicyclic) bond motifs is 1. The number of nitrogens with zero attached hydrogens (tertiary/aromatic N) is 2. The van der Waals surface area contributed by atoms with Gasteiger partial charge in [0.1, 0.15) is 5.58 Å². The molecule has 0 fully saturated rings. The van der Waals surface area contributed by atoms with Crippen LogP contribution < -0.4 is 5.32 Å². The van der Waals surface area contributed by atoms with Gasteiger partial charge >= 0.3 is 0 Å². The molecule has 0 aliphatic rings. The second-order valence-corrected chi connectivity index (χ2v) is 7.94. The van der Waals surface area contributed by atoms with Crippen molar-refractivity contribution < 1.29 is 13.6 Å². The summed E-state index contributed by atoms with van der Waals surface area (Å²) in [6.45, 7) is 4.02. The van der Waals surface area contributed by atoms with Crippen LogP contribution in [0.1, 0.15) is 40.1 Å². The summed E-state index contributed by atoms with van der Waals surface area (Å²) >= 11 is 0. The van der Waals surface area contributed by atoms with Crippen LogP contribution in [0, 0.1) is 6.92 Å². The van der Waals surface area contributed by atoms with E-state index in [-0.39, 0.29) is 5.91 Å². The van der Waals surface area contributed by atoms with Gasteiger partial charge in [-0.25, -0.2) is 0 Å². The molecule has 5 aromatic rings. The maximum atomic E-state index is 12.8. The van der Waals surface area contributed by atoms with Crippen molar-refractivity contribution >= 4 is 22.6 Å². The molecule has 5 rings (SSSR count). The Hall–Kier alpha value is -4.19. The van der Waals surface area contributed by atoms with E-state index in [2.05, 4.69) is 28.5 Å². The number of hydrogen-bond acceptors (Lipinski definition) is 5. The summed E-state index contributed by atoms with van der Waals surface area (Å²) in [6.07, 6.45) is 1.45. The monoisotopic (exact) mass is 437 g/mol. The molecule has 0 spiro atoms. The summed E-state index contributed by atoms with van der Waals surface area (Å²) in [4.78, 5) is 12.8. The molecule has 3 aromatic carbocycles. The minimum atomic E-state index is -0.265. The highest BCUT2D eigenvalue weighted by molar-refractivity contribution is 6.06. The van der Waals surface area contributed by atoms with Crippen LogP contribution in [0.5, 0.6) is 0 Å². The second kappa shape index (κ2) is 8.74. The molecule has 6 nitrogen and oxygen atoms in total. The van der Waals surface area contributed by atoms with Crippen molar-refractivity contribution in [3.8, 4) is 11.5 Å². The highest BCUT2D eigenvalue weighted by Gasteiger charge is 2.18. The number of benzene rings is 3. The highest BCUT2D eigenvalue weighted by Crippen LogP contribution is 2.27. The van der Waals surface area contributed by atoms with Crippen molar-refractivity contribution in [2.45, 2.75) is 26.7 Å². The molecule has 0 bridgehead atoms. The molecule has 0 saturated heterocycles. The molecule has 0 radical (unpaired) electrons. The van der Waals surface area contributed by atoms with E-state index in [1.54, 1.807) is 0 Å². The molecule has 164 valence electrons. The van der Waals surface area contributed by atoms with E-state index in [9.17, 15) is 4.79 Å². The van der Waals surface area contributed by atoms with Crippen LogP contribution in [0.15, 0.2) is 81.6 Å². The zero-order valence-electron chi connectivity index (χ0n) is 18.5. The smallest absolute Gasteiger partial charge is 0.291 e. The Kier molecular flexibility index (Phi) is 5.48. The highest BCUT2D eigenvalue weighted by atomic mass is 16.4. The molecule has 0 aliphatic heterocycles. The lowest BCUT2D eigenvalue weighted by atomic mass is 10.1. The van der Waals surface area contributed by atoms with Crippen LogP contribution in [-0.2, 0) is 12.8 Å². The number of amides is 1. The average Bonchev–Trinajstić information content (AvgIpc) is 3.45. The van der Waals surface area contributed by atoms with Crippen molar-refractivity contribution in [2.75, 3.05) is 5.32 Å². The quantitative estimate of drug-likeness (QED) is 0.342. The molecule has 1 N–H and O–H groups in total. The van der Waals surface area contributed by atoms with Gasteiger partial charge in [-0.3, -0.25) is 4.79 Å². The van der Waals surface area contributed by atoms with E-state index in [1.807, 2.05) is 73.7 Å². The zero-order valence-corrected chi connectivity index (χ0v) is 18.5. The maximum absolute atomic E-state index is 12.8. The molecule has 6 heteroatoms. The number of rotatable bonds is 6. The molecule has 1 amide bonds. The van der Waals surface area contributed by atoms with Gasteiger partial charge in [0.05, 0.1) is 6.42 Å². The Morgan fingerprint density at radius 1 is 0.909 bits per heavy atom. The first-order valence-corrected chi connectivity index (χ1v) is 10.9. The topological polar surface area (TPSA) is 81.2 Å². The molecule has 0 saturated carbocycles. The lowest BCUT2D eigenvalue weighted by Crippen LogP contribution is -2.12. The minimum Gasteiger partial charge on any atom is -0.451 e. The summed E-state index contributed by atoms with van der Waals surface area (Å²) in [7, 11) is 0. The maximum Gasteiger partial charge on any atom is 0.291 e. The van der Waals surface area contributed by atoms with Gasteiger partial charge in [-0.1, -0.05) is 43.3 Å². The third-order valence-corrected chi connectivity index (χ3v) is 5.67. The van der Waals surface area contributed by atoms with Gasteiger partial charge in [-0.15, -0.1) is 10.2 Å². The Morgan fingerprint density at radius 3 is 2.42 bits per heavy atom. The van der Waals surface area contributed by atoms with Crippen molar-refractivity contribution in [1.29, 1.82) is 0 Å².